The molecular weight excluding hydrogens is 628 g/mol. The predicted octanol–water partition coefficient (Wildman–Crippen LogP) is 4.15. The summed E-state index contributed by atoms with van der Waals surface area (Å²) in [5, 5.41) is 57.1. The zero-order valence-corrected chi connectivity index (χ0v) is 25.1. The van der Waals surface area contributed by atoms with Crippen LogP contribution in [0.2, 0.25) is 0 Å². The molecule has 3 atom stereocenters. The van der Waals surface area contributed by atoms with E-state index in [1.165, 1.54) is 59.9 Å². The Morgan fingerprint density at radius 2 is 1.31 bits per heavy atom. The number of benzene rings is 3. The highest BCUT2D eigenvalue weighted by atomic mass is 32.2. The van der Waals surface area contributed by atoms with Gasteiger partial charge in [0, 0.05) is 59.4 Å². The molecule has 16 heteroatoms. The van der Waals surface area contributed by atoms with Crippen molar-refractivity contribution in [3.63, 3.8) is 0 Å². The number of carbonyl (C=O) groups is 2. The number of Topliss-reactive ketones (excluding diaryl/α,β-unsaturated/α-hetero) is 1. The van der Waals surface area contributed by atoms with Gasteiger partial charge in [-0.2, -0.15) is 0 Å². The summed E-state index contributed by atoms with van der Waals surface area (Å²) in [4.78, 5) is 58.4. The monoisotopic (exact) mass is 656 g/mol. The third-order valence-electron chi connectivity index (χ3n) is 7.34. The van der Waals surface area contributed by atoms with Crippen LogP contribution in [0, 0.1) is 42.2 Å². The number of ketones is 1. The van der Waals surface area contributed by atoms with Crippen molar-refractivity contribution in [2.75, 3.05) is 0 Å². The van der Waals surface area contributed by atoms with E-state index in [-0.39, 0.29) is 46.0 Å². The molecule has 3 aromatic carbocycles. The molecule has 0 bridgehead atoms. The first kappa shape index (κ1) is 33.5. The number of β-lactam (4-membered cyclic amide) rings is 1. The Labute approximate surface area is 264 Å². The first-order chi connectivity index (χ1) is 21.5. The Kier molecular flexibility index (Phi) is 11.2. The molecule has 3 unspecified atom stereocenters. The maximum Gasteiger partial charge on any atom is 0.273 e. The molecule has 236 valence electrons. The molecule has 1 heterocycles. The second-order valence-electron chi connectivity index (χ2n) is 10.2. The molecule has 3 aromatic rings. The molecule has 1 saturated heterocycles. The van der Waals surface area contributed by atoms with Crippen molar-refractivity contribution in [2.24, 2.45) is 11.8 Å². The zero-order valence-electron chi connectivity index (χ0n) is 23.5. The number of aliphatic hydroxyl groups is 2. The van der Waals surface area contributed by atoms with Gasteiger partial charge >= 0.3 is 0 Å². The number of rotatable bonds is 16. The van der Waals surface area contributed by atoms with Crippen LogP contribution in [0.25, 0.3) is 0 Å². The Morgan fingerprint density at radius 1 is 0.800 bits per heavy atom. The normalized spacial score (nSPS) is 16.6. The lowest BCUT2D eigenvalue weighted by Gasteiger charge is -2.42. The van der Waals surface area contributed by atoms with E-state index in [1.54, 1.807) is 36.4 Å². The minimum Gasteiger partial charge on any atom is -0.367 e. The zero-order chi connectivity index (χ0) is 32.7. The van der Waals surface area contributed by atoms with Crippen molar-refractivity contribution in [1.82, 2.24) is 5.32 Å². The van der Waals surface area contributed by atoms with Crippen molar-refractivity contribution in [3.05, 3.63) is 120 Å². The van der Waals surface area contributed by atoms with E-state index in [0.29, 0.717) is 16.7 Å². The molecule has 1 aliphatic heterocycles. The first-order valence-electron chi connectivity index (χ1n) is 13.6. The van der Waals surface area contributed by atoms with Gasteiger partial charge in [0.1, 0.15) is 5.78 Å². The summed E-state index contributed by atoms with van der Waals surface area (Å²) in [5.74, 6) is -3.36. The van der Waals surface area contributed by atoms with Crippen LogP contribution >= 0.6 is 23.5 Å². The highest BCUT2D eigenvalue weighted by Crippen LogP contribution is 2.40. The fourth-order valence-electron chi connectivity index (χ4n) is 5.06. The van der Waals surface area contributed by atoms with Gasteiger partial charge in [-0.05, 0) is 12.0 Å². The van der Waals surface area contributed by atoms with Crippen molar-refractivity contribution < 1.29 is 34.6 Å². The minimum atomic E-state index is -2.16. The second-order valence-corrected chi connectivity index (χ2v) is 12.9. The van der Waals surface area contributed by atoms with Gasteiger partial charge in [-0.1, -0.05) is 48.5 Å². The first-order valence-corrected chi connectivity index (χ1v) is 15.7. The summed E-state index contributed by atoms with van der Waals surface area (Å²) < 4.78 is -0.390. The van der Waals surface area contributed by atoms with E-state index < -0.39 is 50.6 Å². The largest absolute Gasteiger partial charge is 0.367 e. The number of nitrogens with zero attached hydrogens (tertiary/aromatic N) is 3. The van der Waals surface area contributed by atoms with E-state index in [1.807, 2.05) is 0 Å². The van der Waals surface area contributed by atoms with Gasteiger partial charge in [-0.25, -0.2) is 0 Å². The van der Waals surface area contributed by atoms with E-state index in [0.717, 1.165) is 0 Å². The molecule has 3 N–H and O–H groups in total. The lowest BCUT2D eigenvalue weighted by Crippen LogP contribution is -2.64. The van der Waals surface area contributed by atoms with Crippen LogP contribution < -0.4 is 5.32 Å². The van der Waals surface area contributed by atoms with Crippen molar-refractivity contribution >= 4 is 52.3 Å². The van der Waals surface area contributed by atoms with E-state index in [4.69, 9.17) is 0 Å². The third kappa shape index (κ3) is 8.42. The number of nitro benzene ring substituents is 3. The summed E-state index contributed by atoms with van der Waals surface area (Å²) in [6.07, 6.45) is -2.24. The molecule has 1 fully saturated rings. The smallest absolute Gasteiger partial charge is 0.273 e. The number of hydrogen-bond acceptors (Lipinski definition) is 12. The summed E-state index contributed by atoms with van der Waals surface area (Å²) in [6.45, 7) is 0. The molecule has 14 nitrogen and oxygen atoms in total. The summed E-state index contributed by atoms with van der Waals surface area (Å²) in [5.41, 5.74) is 1.00. The maximum absolute atomic E-state index is 13.2. The number of thioether (sulfide) groups is 2. The van der Waals surface area contributed by atoms with Gasteiger partial charge in [0.2, 0.25) is 5.91 Å². The molecule has 0 aromatic heterocycles. The molecule has 0 aliphatic carbocycles. The molecule has 4 rings (SSSR count). The third-order valence-corrected chi connectivity index (χ3v) is 10.2. The Balaban J connectivity index is 1.53. The molecule has 0 radical (unpaired) electrons. The van der Waals surface area contributed by atoms with Crippen LogP contribution in [-0.2, 0) is 27.5 Å². The summed E-state index contributed by atoms with van der Waals surface area (Å²) >= 11 is 2.66. The second kappa shape index (κ2) is 15.1. The van der Waals surface area contributed by atoms with Crippen LogP contribution in [0.4, 0.5) is 17.1 Å². The average molecular weight is 657 g/mol. The van der Waals surface area contributed by atoms with Gasteiger partial charge < -0.3 is 15.5 Å². The number of para-hydroxylation sites is 2. The van der Waals surface area contributed by atoms with Gasteiger partial charge in [-0.15, -0.1) is 23.5 Å². The molecule has 1 aliphatic rings. The molecule has 1 amide bonds. The minimum absolute atomic E-state index is 0.0671. The van der Waals surface area contributed by atoms with Gasteiger partial charge in [0.15, 0.2) is 6.29 Å². The van der Waals surface area contributed by atoms with Crippen LogP contribution in [0.3, 0.4) is 0 Å². The lowest BCUT2D eigenvalue weighted by molar-refractivity contribution is -0.385. The number of carbonyl (C=O) groups excluding carboxylic acids is 2. The maximum atomic E-state index is 13.2. The SMILES string of the molecule is O=C(Cc1ccc([N+](=O)[O-])cc1)C(C(O)O)C1C(=O)NC1CC(SCc1ccccc1[N+](=O)[O-])SCc1ccccc1[N+](=O)[O-]. The molecule has 45 heavy (non-hydrogen) atoms. The lowest BCUT2D eigenvalue weighted by atomic mass is 9.74. The van der Waals surface area contributed by atoms with Crippen molar-refractivity contribution in [1.29, 1.82) is 0 Å². The van der Waals surface area contributed by atoms with E-state index in [2.05, 4.69) is 5.32 Å². The highest BCUT2D eigenvalue weighted by Gasteiger charge is 2.50. The van der Waals surface area contributed by atoms with E-state index in [9.17, 15) is 50.1 Å². The molecular formula is C29H28N4O10S2. The number of nitrogens with one attached hydrogen (secondary N) is 1. The number of amides is 1. The van der Waals surface area contributed by atoms with Gasteiger partial charge in [-0.3, -0.25) is 39.9 Å². The topological polar surface area (TPSA) is 216 Å². The van der Waals surface area contributed by atoms with Crippen molar-refractivity contribution in [3.8, 4) is 0 Å². The van der Waals surface area contributed by atoms with Crippen LogP contribution in [0.1, 0.15) is 23.1 Å². The number of nitro groups is 3. The number of hydrogen-bond donors (Lipinski definition) is 3. The fourth-order valence-corrected chi connectivity index (χ4v) is 7.76. The highest BCUT2D eigenvalue weighted by molar-refractivity contribution is 8.16. The van der Waals surface area contributed by atoms with Crippen LogP contribution in [0.15, 0.2) is 72.8 Å². The molecule has 0 spiro atoms. The summed E-state index contributed by atoms with van der Waals surface area (Å²) in [7, 11) is 0. The molecule has 0 saturated carbocycles. The predicted molar refractivity (Wildman–Crippen MR) is 166 cm³/mol. The van der Waals surface area contributed by atoms with Gasteiger partial charge in [0.05, 0.1) is 31.2 Å². The Hall–Kier alpha value is -4.38. The summed E-state index contributed by atoms with van der Waals surface area (Å²) in [6, 6.07) is 17.0. The van der Waals surface area contributed by atoms with Crippen LogP contribution in [-0.4, -0.2) is 53.6 Å². The Morgan fingerprint density at radius 3 is 1.76 bits per heavy atom. The van der Waals surface area contributed by atoms with E-state index >= 15 is 0 Å². The standard InChI is InChI=1S/C29H28N4O10S2/c34-24(13-17-9-11-20(12-10-17)31(38)39)27(29(36)37)26-21(30-28(26)35)14-25(44-15-18-5-1-3-7-22(18)32(40)41)45-16-19-6-2-4-8-23(19)33(42)43/h1-12,21,25-27,29,36-37H,13-16H2,(H,30,35). The quantitative estimate of drug-likeness (QED) is 0.0858. The number of aliphatic hydroxyl groups excluding tert-OH is 1. The Bertz CT molecular complexity index is 1530. The number of non-ortho nitro benzene ring substituents is 1. The van der Waals surface area contributed by atoms with Crippen molar-refractivity contribution in [2.45, 2.75) is 41.3 Å². The van der Waals surface area contributed by atoms with Crippen LogP contribution in [0.5, 0.6) is 0 Å². The van der Waals surface area contributed by atoms with Gasteiger partial charge in [0.25, 0.3) is 17.1 Å². The average Bonchev–Trinajstić information content (AvgIpc) is 3.00. The fraction of sp³-hybridized carbons (Fsp3) is 0.310.